The number of H-pyrrole nitrogens is 1. The number of imidazole rings is 1. The third-order valence-corrected chi connectivity index (χ3v) is 4.74. The molecule has 2 N–H and O–H groups in total. The number of aromatic nitrogens is 3. The van der Waals surface area contributed by atoms with E-state index in [1.54, 1.807) is 11.6 Å². The Morgan fingerprint density at radius 1 is 1.10 bits per heavy atom. The zero-order chi connectivity index (χ0) is 20.4. The van der Waals surface area contributed by atoms with Crippen molar-refractivity contribution >= 4 is 28.1 Å². The number of nitrogens with zero attached hydrogens (tertiary/aromatic N) is 3. The van der Waals surface area contributed by atoms with Crippen molar-refractivity contribution in [1.82, 2.24) is 15.0 Å². The van der Waals surface area contributed by atoms with Gasteiger partial charge in [-0.15, -0.1) is 11.3 Å². The molecule has 4 rings (SSSR count). The molecular weight excluding hydrogens is 397 g/mol. The number of rotatable bonds is 5. The van der Waals surface area contributed by atoms with Gasteiger partial charge in [0.15, 0.2) is 5.13 Å². The number of carbonyl (C=O) groups is 1. The van der Waals surface area contributed by atoms with Crippen LogP contribution in [0.15, 0.2) is 60.1 Å². The molecule has 0 fully saturated rings. The lowest BCUT2D eigenvalue weighted by Gasteiger charge is -2.03. The molecule has 2 aromatic heterocycles. The molecule has 8 nitrogen and oxygen atoms in total. The highest BCUT2D eigenvalue weighted by molar-refractivity contribution is 7.13. The zero-order valence-electron chi connectivity index (χ0n) is 14.6. The lowest BCUT2D eigenvalue weighted by atomic mass is 10.1. The van der Waals surface area contributed by atoms with E-state index >= 15 is 0 Å². The number of halogens is 1. The molecule has 2 heterocycles. The van der Waals surface area contributed by atoms with Crippen LogP contribution in [0.25, 0.3) is 22.6 Å². The van der Waals surface area contributed by atoms with Crippen molar-refractivity contribution in [3.05, 3.63) is 81.7 Å². The number of nitro groups is 1. The average Bonchev–Trinajstić information content (AvgIpc) is 3.38. The average molecular weight is 409 g/mol. The summed E-state index contributed by atoms with van der Waals surface area (Å²) in [6.45, 7) is 0. The van der Waals surface area contributed by atoms with Gasteiger partial charge in [-0.3, -0.25) is 20.2 Å². The maximum absolute atomic E-state index is 13.3. The molecule has 0 saturated carbocycles. The number of anilines is 1. The van der Waals surface area contributed by atoms with Gasteiger partial charge < -0.3 is 4.98 Å². The third-order valence-electron chi connectivity index (χ3n) is 4.05. The summed E-state index contributed by atoms with van der Waals surface area (Å²) in [7, 11) is 0. The number of nitro benzene ring substituents is 1. The number of aromatic amines is 1. The van der Waals surface area contributed by atoms with E-state index < -0.39 is 16.6 Å². The lowest BCUT2D eigenvalue weighted by Crippen LogP contribution is -2.13. The molecule has 144 valence electrons. The molecule has 0 aliphatic heterocycles. The van der Waals surface area contributed by atoms with Crippen molar-refractivity contribution in [3.8, 4) is 22.6 Å². The van der Waals surface area contributed by atoms with E-state index in [0.29, 0.717) is 27.8 Å². The predicted molar refractivity (Wildman–Crippen MR) is 106 cm³/mol. The van der Waals surface area contributed by atoms with E-state index in [0.717, 1.165) is 0 Å². The minimum Gasteiger partial charge on any atom is -0.333 e. The number of nitrogens with one attached hydrogen (secondary N) is 2. The van der Waals surface area contributed by atoms with Crippen LogP contribution in [-0.4, -0.2) is 25.8 Å². The number of amides is 1. The fraction of sp³-hybridized carbons (Fsp3) is 0. The van der Waals surface area contributed by atoms with Crippen LogP contribution in [-0.2, 0) is 0 Å². The van der Waals surface area contributed by atoms with Crippen molar-refractivity contribution in [2.75, 3.05) is 5.32 Å². The second kappa shape index (κ2) is 7.60. The maximum Gasteiger partial charge on any atom is 0.276 e. The number of non-ortho nitro benzene ring substituents is 1. The van der Waals surface area contributed by atoms with Gasteiger partial charge in [-0.1, -0.05) is 0 Å². The maximum atomic E-state index is 13.3. The SMILES string of the molecule is O=C(Nc1nccs1)c1[nH]c(-c2ccc([N+](=O)[O-])cc2)nc1-c1ccc(F)cc1. The Morgan fingerprint density at radius 3 is 2.41 bits per heavy atom. The summed E-state index contributed by atoms with van der Waals surface area (Å²) >= 11 is 1.27. The highest BCUT2D eigenvalue weighted by Crippen LogP contribution is 2.28. The largest absolute Gasteiger partial charge is 0.333 e. The molecule has 0 aliphatic rings. The van der Waals surface area contributed by atoms with Crippen LogP contribution in [0, 0.1) is 15.9 Å². The first-order valence-corrected chi connectivity index (χ1v) is 9.21. The molecule has 0 spiro atoms. The van der Waals surface area contributed by atoms with Crippen molar-refractivity contribution in [1.29, 1.82) is 0 Å². The van der Waals surface area contributed by atoms with Crippen molar-refractivity contribution < 1.29 is 14.1 Å². The van der Waals surface area contributed by atoms with Crippen molar-refractivity contribution in [3.63, 3.8) is 0 Å². The zero-order valence-corrected chi connectivity index (χ0v) is 15.4. The van der Waals surface area contributed by atoms with E-state index in [-0.39, 0.29) is 11.4 Å². The number of thiazole rings is 1. The van der Waals surface area contributed by atoms with Gasteiger partial charge >= 0.3 is 0 Å². The summed E-state index contributed by atoms with van der Waals surface area (Å²) in [5.41, 5.74) is 1.54. The number of carbonyl (C=O) groups excluding carboxylic acids is 1. The first kappa shape index (κ1) is 18.4. The molecule has 4 aromatic rings. The standard InChI is InChI=1S/C19H12FN5O3S/c20-13-5-1-11(2-6-13)15-16(18(26)24-19-21-9-10-29-19)23-17(22-15)12-3-7-14(8-4-12)25(27)28/h1-10H,(H,22,23)(H,21,24,26). The highest BCUT2D eigenvalue weighted by atomic mass is 32.1. The van der Waals surface area contributed by atoms with Gasteiger partial charge in [0.2, 0.25) is 0 Å². The lowest BCUT2D eigenvalue weighted by molar-refractivity contribution is -0.384. The first-order chi connectivity index (χ1) is 14.0. The smallest absolute Gasteiger partial charge is 0.276 e. The summed E-state index contributed by atoms with van der Waals surface area (Å²) in [5.74, 6) is -0.517. The molecule has 0 radical (unpaired) electrons. The Morgan fingerprint density at radius 2 is 1.79 bits per heavy atom. The molecule has 0 bridgehead atoms. The fourth-order valence-corrected chi connectivity index (χ4v) is 3.20. The third kappa shape index (κ3) is 3.87. The van der Waals surface area contributed by atoms with E-state index in [1.807, 2.05) is 0 Å². The second-order valence-electron chi connectivity index (χ2n) is 5.91. The minimum absolute atomic E-state index is 0.0548. The Balaban J connectivity index is 1.76. The molecule has 0 aliphatic carbocycles. The highest BCUT2D eigenvalue weighted by Gasteiger charge is 2.21. The summed E-state index contributed by atoms with van der Waals surface area (Å²) < 4.78 is 13.3. The molecule has 0 atom stereocenters. The Kier molecular flexibility index (Phi) is 4.83. The number of hydrogen-bond acceptors (Lipinski definition) is 6. The van der Waals surface area contributed by atoms with E-state index in [9.17, 15) is 19.3 Å². The first-order valence-electron chi connectivity index (χ1n) is 8.33. The van der Waals surface area contributed by atoms with Crippen LogP contribution in [0.5, 0.6) is 0 Å². The fourth-order valence-electron chi connectivity index (χ4n) is 2.68. The molecular formula is C19H12FN5O3S. The van der Waals surface area contributed by atoms with Crippen LogP contribution >= 0.6 is 11.3 Å². The van der Waals surface area contributed by atoms with Gasteiger partial charge in [-0.2, -0.15) is 0 Å². The van der Waals surface area contributed by atoms with Crippen LogP contribution in [0.2, 0.25) is 0 Å². The second-order valence-corrected chi connectivity index (χ2v) is 6.81. The molecule has 0 unspecified atom stereocenters. The Bertz CT molecular complexity index is 1170. The topological polar surface area (TPSA) is 114 Å². The Hall–Kier alpha value is -3.92. The van der Waals surface area contributed by atoms with Gasteiger partial charge in [-0.25, -0.2) is 14.4 Å². The summed E-state index contributed by atoms with van der Waals surface area (Å²) in [5, 5.41) is 15.7. The van der Waals surface area contributed by atoms with E-state index in [1.165, 1.54) is 59.9 Å². The van der Waals surface area contributed by atoms with Crippen LogP contribution in [0.1, 0.15) is 10.5 Å². The van der Waals surface area contributed by atoms with Gasteiger partial charge in [-0.05, 0) is 36.4 Å². The molecule has 1 amide bonds. The van der Waals surface area contributed by atoms with Crippen molar-refractivity contribution in [2.45, 2.75) is 0 Å². The quantitative estimate of drug-likeness (QED) is 0.372. The van der Waals surface area contributed by atoms with Crippen molar-refractivity contribution in [2.24, 2.45) is 0 Å². The van der Waals surface area contributed by atoms with Crippen LogP contribution < -0.4 is 5.32 Å². The Labute approximate surface area is 167 Å². The minimum atomic E-state index is -0.497. The van der Waals surface area contributed by atoms with Gasteiger partial charge in [0.1, 0.15) is 23.0 Å². The van der Waals surface area contributed by atoms with Crippen LogP contribution in [0.3, 0.4) is 0 Å². The molecule has 29 heavy (non-hydrogen) atoms. The normalized spacial score (nSPS) is 10.7. The molecule has 0 saturated heterocycles. The van der Waals surface area contributed by atoms with Crippen LogP contribution in [0.4, 0.5) is 15.2 Å². The molecule has 2 aromatic carbocycles. The van der Waals surface area contributed by atoms with Gasteiger partial charge in [0.25, 0.3) is 11.6 Å². The predicted octanol–water partition coefficient (Wildman–Crippen LogP) is 4.50. The number of hydrogen-bond donors (Lipinski definition) is 2. The van der Waals surface area contributed by atoms with Gasteiger partial charge in [0.05, 0.1) is 4.92 Å². The van der Waals surface area contributed by atoms with Gasteiger partial charge in [0, 0.05) is 34.8 Å². The summed E-state index contributed by atoms with van der Waals surface area (Å²) in [6.07, 6.45) is 1.57. The van der Waals surface area contributed by atoms with E-state index in [4.69, 9.17) is 0 Å². The molecule has 10 heteroatoms. The monoisotopic (exact) mass is 409 g/mol. The summed E-state index contributed by atoms with van der Waals surface area (Å²) in [6, 6.07) is 11.4. The summed E-state index contributed by atoms with van der Waals surface area (Å²) in [4.78, 5) is 34.6. The van der Waals surface area contributed by atoms with E-state index in [2.05, 4.69) is 20.3 Å². The number of benzene rings is 2.